The number of aromatic nitrogens is 1. The minimum Gasteiger partial charge on any atom is -0.386 e. The van der Waals surface area contributed by atoms with E-state index in [1.807, 2.05) is 19.1 Å². The predicted molar refractivity (Wildman–Crippen MR) is 130 cm³/mol. The molecule has 0 saturated carbocycles. The molecule has 0 saturated heterocycles. The van der Waals surface area contributed by atoms with Gasteiger partial charge in [0.1, 0.15) is 5.82 Å². The lowest BCUT2D eigenvalue weighted by Gasteiger charge is -2.19. The van der Waals surface area contributed by atoms with Crippen LogP contribution in [0.3, 0.4) is 0 Å². The molecule has 0 bridgehead atoms. The summed E-state index contributed by atoms with van der Waals surface area (Å²) in [5.74, 6) is -5.07. The molecule has 1 heterocycles. The second kappa shape index (κ2) is 14.4. The largest absolute Gasteiger partial charge is 0.491 e. The summed E-state index contributed by atoms with van der Waals surface area (Å²) in [6, 6.07) is 7.10. The van der Waals surface area contributed by atoms with Crippen LogP contribution in [0.1, 0.15) is 42.9 Å². The van der Waals surface area contributed by atoms with Crippen LogP contribution in [0.25, 0.3) is 0 Å². The van der Waals surface area contributed by atoms with Crippen molar-refractivity contribution in [2.75, 3.05) is 18.4 Å². The number of hydrogen-bond donors (Lipinski definition) is 3. The van der Waals surface area contributed by atoms with Gasteiger partial charge in [0, 0.05) is 25.2 Å². The first-order valence-corrected chi connectivity index (χ1v) is 11.6. The quantitative estimate of drug-likeness (QED) is 0.111. The smallest absolute Gasteiger partial charge is 0.386 e. The van der Waals surface area contributed by atoms with Crippen molar-refractivity contribution in [3.05, 3.63) is 63.8 Å². The number of nitro groups is 1. The number of benzene rings is 1. The summed E-state index contributed by atoms with van der Waals surface area (Å²) >= 11 is 0. The van der Waals surface area contributed by atoms with Gasteiger partial charge in [-0.15, -0.1) is 0 Å². The van der Waals surface area contributed by atoms with E-state index in [9.17, 15) is 42.5 Å². The highest BCUT2D eigenvalue weighted by Crippen LogP contribution is 2.28. The summed E-state index contributed by atoms with van der Waals surface area (Å²) in [6.45, 7) is 1.92. The number of alkyl halides is 3. The van der Waals surface area contributed by atoms with Gasteiger partial charge in [-0.3, -0.25) is 24.5 Å². The molecule has 1 atom stereocenters. The molecule has 2 aromatic rings. The number of carbonyl (C=O) groups excluding carboxylic acids is 4. The number of aryl methyl sites for hydroxylation is 1. The summed E-state index contributed by atoms with van der Waals surface area (Å²) < 4.78 is 41.0. The van der Waals surface area contributed by atoms with E-state index in [1.165, 1.54) is 18.2 Å². The maximum Gasteiger partial charge on any atom is 0.491 e. The Morgan fingerprint density at radius 1 is 1.10 bits per heavy atom. The molecule has 2 rings (SSSR count). The monoisotopic (exact) mass is 553 g/mol. The highest BCUT2D eigenvalue weighted by Gasteiger charge is 2.42. The molecule has 12 nitrogen and oxygen atoms in total. The lowest BCUT2D eigenvalue weighted by Crippen LogP contribution is -2.40. The molecular formula is C24H26F3N5O7. The second-order valence-corrected chi connectivity index (χ2v) is 8.28. The maximum absolute atomic E-state index is 12.4. The summed E-state index contributed by atoms with van der Waals surface area (Å²) in [6.07, 6.45) is -3.57. The van der Waals surface area contributed by atoms with Crippen LogP contribution in [-0.4, -0.2) is 52.9 Å². The molecule has 3 N–H and O–H groups in total. The van der Waals surface area contributed by atoms with E-state index in [4.69, 9.17) is 0 Å². The standard InChI is InChI=1S/C24H26F3N5O7/c1-15-9-11-29-19(12-15)28-10-5-4-8-20(33)30-14-21(34)31-17(13-22(35)39-23(36)24(25,26)27)16-6-2-3-7-18(16)32(37)38/h2-3,6-7,9,11-12,17H,4-5,8,10,13-14H2,1H3,(H,28,29)(H,30,33)(H,31,34). The Morgan fingerprint density at radius 3 is 2.49 bits per heavy atom. The molecule has 1 aromatic heterocycles. The van der Waals surface area contributed by atoms with Crippen LogP contribution in [0.5, 0.6) is 0 Å². The minimum atomic E-state index is -5.44. The topological polar surface area (TPSA) is 170 Å². The SMILES string of the molecule is Cc1ccnc(NCCCCC(=O)NCC(=O)NC(CC(=O)OC(=O)C(F)(F)F)c2ccccc2[N+](=O)[O-])c1. The molecule has 210 valence electrons. The average molecular weight is 553 g/mol. The zero-order valence-corrected chi connectivity index (χ0v) is 20.7. The molecule has 0 fully saturated rings. The number of anilines is 1. The van der Waals surface area contributed by atoms with Crippen molar-refractivity contribution < 1.29 is 42.0 Å². The van der Waals surface area contributed by atoms with Gasteiger partial charge in [0.05, 0.1) is 29.5 Å². The van der Waals surface area contributed by atoms with Crippen molar-refractivity contribution in [1.82, 2.24) is 15.6 Å². The van der Waals surface area contributed by atoms with Crippen molar-refractivity contribution in [2.45, 2.75) is 44.8 Å². The molecule has 0 spiro atoms. The maximum atomic E-state index is 12.4. The van der Waals surface area contributed by atoms with Crippen molar-refractivity contribution in [3.63, 3.8) is 0 Å². The van der Waals surface area contributed by atoms with Crippen molar-refractivity contribution in [2.24, 2.45) is 0 Å². The molecule has 0 radical (unpaired) electrons. The molecule has 1 unspecified atom stereocenters. The van der Waals surface area contributed by atoms with E-state index in [1.54, 1.807) is 6.20 Å². The number of nitrogens with one attached hydrogen (secondary N) is 3. The number of carbonyl (C=O) groups is 4. The zero-order valence-electron chi connectivity index (χ0n) is 20.7. The van der Waals surface area contributed by atoms with Gasteiger partial charge < -0.3 is 20.7 Å². The van der Waals surface area contributed by atoms with Gasteiger partial charge in [0.15, 0.2) is 0 Å². The normalized spacial score (nSPS) is 11.7. The Hall–Kier alpha value is -4.56. The molecule has 0 aliphatic rings. The van der Waals surface area contributed by atoms with E-state index < -0.39 is 59.5 Å². The number of para-hydroxylation sites is 1. The summed E-state index contributed by atoms with van der Waals surface area (Å²) in [5, 5.41) is 19.1. The van der Waals surface area contributed by atoms with Crippen LogP contribution in [0, 0.1) is 17.0 Å². The number of pyridine rings is 1. The van der Waals surface area contributed by atoms with Crippen LogP contribution in [-0.2, 0) is 23.9 Å². The number of halogens is 3. The Kier molecular flexibility index (Phi) is 11.3. The van der Waals surface area contributed by atoms with E-state index in [0.717, 1.165) is 11.6 Å². The fraction of sp³-hybridized carbons (Fsp3) is 0.375. The molecular weight excluding hydrogens is 527 g/mol. The van der Waals surface area contributed by atoms with Gasteiger partial charge in [0.25, 0.3) is 5.69 Å². The first-order chi connectivity index (χ1) is 18.4. The van der Waals surface area contributed by atoms with Crippen molar-refractivity contribution >= 4 is 35.3 Å². The molecule has 39 heavy (non-hydrogen) atoms. The number of ether oxygens (including phenoxy) is 1. The first kappa shape index (κ1) is 30.7. The minimum absolute atomic E-state index is 0.0929. The lowest BCUT2D eigenvalue weighted by molar-refractivity contribution is -0.385. The van der Waals surface area contributed by atoms with Gasteiger partial charge in [-0.1, -0.05) is 18.2 Å². The lowest BCUT2D eigenvalue weighted by atomic mass is 10.0. The van der Waals surface area contributed by atoms with Crippen LogP contribution >= 0.6 is 0 Å². The number of hydrogen-bond acceptors (Lipinski definition) is 9. The number of unbranched alkanes of at least 4 members (excludes halogenated alkanes) is 1. The van der Waals surface area contributed by atoms with Crippen molar-refractivity contribution in [3.8, 4) is 0 Å². The van der Waals surface area contributed by atoms with Gasteiger partial charge in [-0.05, 0) is 37.5 Å². The van der Waals surface area contributed by atoms with Gasteiger partial charge >= 0.3 is 18.1 Å². The average Bonchev–Trinajstić information content (AvgIpc) is 2.86. The van der Waals surface area contributed by atoms with Gasteiger partial charge in [0.2, 0.25) is 11.8 Å². The Bertz CT molecular complexity index is 1210. The molecule has 15 heteroatoms. The van der Waals surface area contributed by atoms with E-state index in [-0.39, 0.29) is 12.0 Å². The fourth-order valence-electron chi connectivity index (χ4n) is 3.33. The molecule has 0 aliphatic heterocycles. The molecule has 1 aromatic carbocycles. The summed E-state index contributed by atoms with van der Waals surface area (Å²) in [4.78, 5) is 62.1. The van der Waals surface area contributed by atoms with Crippen LogP contribution in [0.2, 0.25) is 0 Å². The number of nitro benzene ring substituents is 1. The van der Waals surface area contributed by atoms with Crippen LogP contribution < -0.4 is 16.0 Å². The summed E-state index contributed by atoms with van der Waals surface area (Å²) in [7, 11) is 0. The van der Waals surface area contributed by atoms with Gasteiger partial charge in [-0.25, -0.2) is 9.78 Å². The number of rotatable bonds is 13. The highest BCUT2D eigenvalue weighted by molar-refractivity contribution is 5.89. The second-order valence-electron chi connectivity index (χ2n) is 8.28. The van der Waals surface area contributed by atoms with Gasteiger partial charge in [-0.2, -0.15) is 13.2 Å². The fourth-order valence-corrected chi connectivity index (χ4v) is 3.33. The van der Waals surface area contributed by atoms with E-state index in [0.29, 0.717) is 25.2 Å². The third-order valence-corrected chi connectivity index (χ3v) is 5.15. The van der Waals surface area contributed by atoms with E-state index in [2.05, 4.69) is 25.7 Å². The Morgan fingerprint density at radius 2 is 1.82 bits per heavy atom. The highest BCUT2D eigenvalue weighted by atomic mass is 19.4. The predicted octanol–water partition coefficient (Wildman–Crippen LogP) is 2.88. The summed E-state index contributed by atoms with van der Waals surface area (Å²) in [5.41, 5.74) is 0.298. The zero-order chi connectivity index (χ0) is 29.0. The van der Waals surface area contributed by atoms with Crippen molar-refractivity contribution in [1.29, 1.82) is 0 Å². The Balaban J connectivity index is 1.90. The van der Waals surface area contributed by atoms with E-state index >= 15 is 0 Å². The number of nitrogens with zero attached hydrogens (tertiary/aromatic N) is 2. The third-order valence-electron chi connectivity index (χ3n) is 5.15. The first-order valence-electron chi connectivity index (χ1n) is 11.6. The van der Waals surface area contributed by atoms with Crippen LogP contribution in [0.4, 0.5) is 24.7 Å². The molecule has 2 amide bonds. The third kappa shape index (κ3) is 10.8. The van der Waals surface area contributed by atoms with Crippen LogP contribution in [0.15, 0.2) is 42.6 Å². The number of esters is 2. The Labute approximate surface area is 220 Å². The molecule has 0 aliphatic carbocycles. The number of amides is 2.